The van der Waals surface area contributed by atoms with Gasteiger partial charge in [-0.15, -0.1) is 4.73 Å². The summed E-state index contributed by atoms with van der Waals surface area (Å²) in [6.45, 7) is 1.28. The normalized spacial score (nSPS) is 9.55. The second-order valence-corrected chi connectivity index (χ2v) is 2.12. The van der Waals surface area contributed by atoms with Crippen molar-refractivity contribution in [3.63, 3.8) is 0 Å². The van der Waals surface area contributed by atoms with E-state index in [-0.39, 0.29) is 11.5 Å². The lowest BCUT2D eigenvalue weighted by atomic mass is 10.3. The molecule has 11 heavy (non-hydrogen) atoms. The van der Waals surface area contributed by atoms with E-state index in [1.165, 1.54) is 25.1 Å². The van der Waals surface area contributed by atoms with E-state index in [4.69, 9.17) is 5.21 Å². The highest BCUT2D eigenvalue weighted by atomic mass is 16.5. The van der Waals surface area contributed by atoms with E-state index >= 15 is 0 Å². The number of carbonyl (C=O) groups excluding carboxylic acids is 1. The lowest BCUT2D eigenvalue weighted by molar-refractivity contribution is 0.0952. The third kappa shape index (κ3) is 1.29. The highest BCUT2D eigenvalue weighted by Gasteiger charge is 2.04. The number of hydrogen-bond donors (Lipinski definition) is 1. The van der Waals surface area contributed by atoms with Crippen molar-refractivity contribution >= 4 is 5.78 Å². The van der Waals surface area contributed by atoms with Crippen LogP contribution in [-0.4, -0.2) is 15.7 Å². The van der Waals surface area contributed by atoms with Gasteiger partial charge in [0.05, 0.1) is 0 Å². The van der Waals surface area contributed by atoms with E-state index in [0.717, 1.165) is 0 Å². The van der Waals surface area contributed by atoms with Gasteiger partial charge in [-0.2, -0.15) is 0 Å². The van der Waals surface area contributed by atoms with Crippen LogP contribution in [0.4, 0.5) is 0 Å². The molecule has 1 heterocycles. The minimum atomic E-state index is -0.599. The van der Waals surface area contributed by atoms with Gasteiger partial charge in [0.25, 0.3) is 5.56 Å². The molecule has 0 amide bonds. The van der Waals surface area contributed by atoms with Gasteiger partial charge < -0.3 is 5.21 Å². The third-order valence-electron chi connectivity index (χ3n) is 1.29. The number of Topliss-reactive ketones (excluding diaryl/α,β-unsaturated/α-hetero) is 1. The van der Waals surface area contributed by atoms with Crippen LogP contribution in [0.3, 0.4) is 0 Å². The van der Waals surface area contributed by atoms with E-state index in [2.05, 4.69) is 0 Å². The van der Waals surface area contributed by atoms with E-state index in [1.807, 2.05) is 0 Å². The molecule has 0 unspecified atom stereocenters. The Bertz CT molecular complexity index is 340. The third-order valence-corrected chi connectivity index (χ3v) is 1.29. The standard InChI is InChI=1S/C7H7NO3/c1-5(9)6-3-2-4-7(10)8(6)11/h2-4,11H,1H3. The van der Waals surface area contributed by atoms with Crippen molar-refractivity contribution in [2.24, 2.45) is 0 Å². The molecule has 0 aliphatic heterocycles. The van der Waals surface area contributed by atoms with E-state index < -0.39 is 5.56 Å². The number of rotatable bonds is 1. The molecule has 0 saturated heterocycles. The molecular formula is C7H7NO3. The van der Waals surface area contributed by atoms with Crippen LogP contribution in [0.5, 0.6) is 0 Å². The molecule has 0 saturated carbocycles. The zero-order valence-corrected chi connectivity index (χ0v) is 5.94. The molecular weight excluding hydrogens is 146 g/mol. The van der Waals surface area contributed by atoms with Crippen LogP contribution in [-0.2, 0) is 0 Å². The molecule has 4 nitrogen and oxygen atoms in total. The number of pyridine rings is 1. The molecule has 0 atom stereocenters. The quantitative estimate of drug-likeness (QED) is 0.466. The van der Waals surface area contributed by atoms with Gasteiger partial charge in [-0.3, -0.25) is 9.59 Å². The van der Waals surface area contributed by atoms with Crippen LogP contribution in [0, 0.1) is 0 Å². The lowest BCUT2D eigenvalue weighted by Gasteiger charge is -1.99. The van der Waals surface area contributed by atoms with Crippen molar-refractivity contribution in [1.29, 1.82) is 0 Å². The molecule has 0 spiro atoms. The molecule has 0 radical (unpaired) electrons. The summed E-state index contributed by atoms with van der Waals surface area (Å²) in [4.78, 5) is 21.4. The average Bonchev–Trinajstić information content (AvgIpc) is 1.94. The first kappa shape index (κ1) is 7.53. The first-order valence-electron chi connectivity index (χ1n) is 3.05. The maximum absolute atomic E-state index is 10.7. The maximum atomic E-state index is 10.7. The number of carbonyl (C=O) groups is 1. The Hall–Kier alpha value is -1.58. The topological polar surface area (TPSA) is 59.3 Å². The van der Waals surface area contributed by atoms with E-state index in [0.29, 0.717) is 4.73 Å². The van der Waals surface area contributed by atoms with Crippen LogP contribution in [0.1, 0.15) is 17.4 Å². The molecule has 0 bridgehead atoms. The predicted octanol–water partition coefficient (Wildman–Crippen LogP) is 0.288. The monoisotopic (exact) mass is 153 g/mol. The van der Waals surface area contributed by atoms with Crippen molar-refractivity contribution in [3.8, 4) is 0 Å². The summed E-state index contributed by atoms with van der Waals surface area (Å²) in [5.41, 5.74) is -0.602. The van der Waals surface area contributed by atoms with Gasteiger partial charge in [0.1, 0.15) is 5.69 Å². The van der Waals surface area contributed by atoms with Crippen molar-refractivity contribution in [2.75, 3.05) is 0 Å². The summed E-state index contributed by atoms with van der Waals surface area (Å²) >= 11 is 0. The minimum Gasteiger partial charge on any atom is -0.425 e. The fourth-order valence-electron chi connectivity index (χ4n) is 0.748. The van der Waals surface area contributed by atoms with Crippen LogP contribution < -0.4 is 5.56 Å². The highest BCUT2D eigenvalue weighted by Crippen LogP contribution is 1.93. The molecule has 4 heteroatoms. The van der Waals surface area contributed by atoms with Crippen molar-refractivity contribution in [3.05, 3.63) is 34.2 Å². The van der Waals surface area contributed by atoms with Gasteiger partial charge in [0.2, 0.25) is 0 Å². The zero-order chi connectivity index (χ0) is 8.43. The molecule has 58 valence electrons. The second-order valence-electron chi connectivity index (χ2n) is 2.12. The summed E-state index contributed by atoms with van der Waals surface area (Å²) < 4.78 is 0.336. The highest BCUT2D eigenvalue weighted by molar-refractivity contribution is 5.92. The minimum absolute atomic E-state index is 0.00231. The molecule has 0 aliphatic rings. The van der Waals surface area contributed by atoms with Gasteiger partial charge in [-0.1, -0.05) is 6.07 Å². The molecule has 0 aromatic carbocycles. The second kappa shape index (κ2) is 2.57. The van der Waals surface area contributed by atoms with Gasteiger partial charge in [-0.05, 0) is 6.07 Å². The van der Waals surface area contributed by atoms with Crippen LogP contribution >= 0.6 is 0 Å². The Labute approximate surface area is 62.7 Å². The van der Waals surface area contributed by atoms with Crippen molar-refractivity contribution in [1.82, 2.24) is 4.73 Å². The number of aromatic nitrogens is 1. The summed E-state index contributed by atoms with van der Waals surface area (Å²) in [6.07, 6.45) is 0. The van der Waals surface area contributed by atoms with Crippen LogP contribution in [0.2, 0.25) is 0 Å². The van der Waals surface area contributed by atoms with Crippen molar-refractivity contribution in [2.45, 2.75) is 6.92 Å². The summed E-state index contributed by atoms with van der Waals surface area (Å²) in [7, 11) is 0. The summed E-state index contributed by atoms with van der Waals surface area (Å²) in [5.74, 6) is -0.342. The fraction of sp³-hybridized carbons (Fsp3) is 0.143. The lowest BCUT2D eigenvalue weighted by Crippen LogP contribution is -2.21. The Balaban J connectivity index is 3.39. The number of hydrogen-bond acceptors (Lipinski definition) is 3. The molecule has 1 N–H and O–H groups in total. The first-order chi connectivity index (χ1) is 5.13. The summed E-state index contributed by atoms with van der Waals surface area (Å²) in [5, 5.41) is 8.95. The Morgan fingerprint density at radius 2 is 2.18 bits per heavy atom. The van der Waals surface area contributed by atoms with Gasteiger partial charge in [-0.25, -0.2) is 0 Å². The Kier molecular flexibility index (Phi) is 1.76. The fourth-order valence-corrected chi connectivity index (χ4v) is 0.748. The van der Waals surface area contributed by atoms with Crippen LogP contribution in [0.25, 0.3) is 0 Å². The Morgan fingerprint density at radius 1 is 1.55 bits per heavy atom. The Morgan fingerprint density at radius 3 is 2.64 bits per heavy atom. The molecule has 1 aromatic heterocycles. The van der Waals surface area contributed by atoms with Gasteiger partial charge >= 0.3 is 0 Å². The first-order valence-corrected chi connectivity index (χ1v) is 3.05. The average molecular weight is 153 g/mol. The van der Waals surface area contributed by atoms with Gasteiger partial charge in [0, 0.05) is 13.0 Å². The predicted molar refractivity (Wildman–Crippen MR) is 37.9 cm³/mol. The molecule has 0 fully saturated rings. The van der Waals surface area contributed by atoms with E-state index in [9.17, 15) is 9.59 Å². The maximum Gasteiger partial charge on any atom is 0.283 e. The van der Waals surface area contributed by atoms with Gasteiger partial charge in [0.15, 0.2) is 5.78 Å². The molecule has 1 rings (SSSR count). The smallest absolute Gasteiger partial charge is 0.283 e. The van der Waals surface area contributed by atoms with E-state index in [1.54, 1.807) is 0 Å². The van der Waals surface area contributed by atoms with Crippen LogP contribution in [0.15, 0.2) is 23.0 Å². The SMILES string of the molecule is CC(=O)c1cccc(=O)n1O. The number of nitrogens with zero attached hydrogens (tertiary/aromatic N) is 1. The molecule has 1 aromatic rings. The summed E-state index contributed by atoms with van der Waals surface area (Å²) in [6, 6.07) is 3.97. The number of ketones is 1. The van der Waals surface area contributed by atoms with Crippen molar-refractivity contribution < 1.29 is 10.0 Å². The zero-order valence-electron chi connectivity index (χ0n) is 5.94. The molecule has 0 aliphatic carbocycles. The largest absolute Gasteiger partial charge is 0.425 e.